The first-order chi connectivity index (χ1) is 15.4. The van der Waals surface area contributed by atoms with Gasteiger partial charge in [0.1, 0.15) is 5.82 Å². The second-order valence-corrected chi connectivity index (χ2v) is 7.50. The molecular weight excluding hydrogens is 437 g/mol. The fraction of sp³-hybridized carbons (Fsp3) is 0.190. The van der Waals surface area contributed by atoms with E-state index in [2.05, 4.69) is 25.6 Å². The molecule has 2 amide bonds. The van der Waals surface area contributed by atoms with Crippen LogP contribution in [-0.4, -0.2) is 45.4 Å². The number of nitrogens with zero attached hydrogens (tertiary/aromatic N) is 3. The zero-order valence-corrected chi connectivity index (χ0v) is 18.1. The van der Waals surface area contributed by atoms with Crippen molar-refractivity contribution in [2.75, 3.05) is 18.2 Å². The number of aromatic nitrogens is 3. The van der Waals surface area contributed by atoms with E-state index in [0.717, 1.165) is 0 Å². The number of anilines is 1. The molecule has 1 aromatic heterocycles. The Morgan fingerprint density at radius 1 is 1.03 bits per heavy atom. The lowest BCUT2D eigenvalue weighted by atomic mass is 10.2. The number of hydrogen-bond donors (Lipinski definition) is 2. The fourth-order valence-corrected chi connectivity index (χ4v) is 3.35. The van der Waals surface area contributed by atoms with Crippen LogP contribution in [0.15, 0.2) is 53.7 Å². The average Bonchev–Trinajstić information content (AvgIpc) is 3.15. The maximum atomic E-state index is 13.0. The van der Waals surface area contributed by atoms with E-state index in [1.807, 2.05) is 0 Å². The van der Waals surface area contributed by atoms with Gasteiger partial charge in [-0.1, -0.05) is 11.8 Å². The standard InChI is InChI=1S/C21H20FN5O4S/c1-27-17(11-23-19(29)13-3-7-15(22)8-4-13)25-26-21(27)32-12-18(28)24-16-9-5-14(6-10-16)20(30)31-2/h3-10H,11-12H2,1-2H3,(H,23,29)(H,24,28). The molecule has 2 aromatic carbocycles. The Morgan fingerprint density at radius 3 is 2.34 bits per heavy atom. The first-order valence-corrected chi connectivity index (χ1v) is 10.4. The van der Waals surface area contributed by atoms with E-state index >= 15 is 0 Å². The summed E-state index contributed by atoms with van der Waals surface area (Å²) in [7, 11) is 3.03. The minimum Gasteiger partial charge on any atom is -0.465 e. The van der Waals surface area contributed by atoms with E-state index in [0.29, 0.717) is 27.8 Å². The summed E-state index contributed by atoms with van der Waals surface area (Å²) < 4.78 is 19.3. The molecule has 9 nitrogen and oxygen atoms in total. The molecule has 0 bridgehead atoms. The molecule has 0 aliphatic carbocycles. The van der Waals surface area contributed by atoms with E-state index in [9.17, 15) is 18.8 Å². The van der Waals surface area contributed by atoms with Crippen molar-refractivity contribution in [2.24, 2.45) is 7.05 Å². The molecule has 1 heterocycles. The van der Waals surface area contributed by atoms with Crippen molar-refractivity contribution in [3.63, 3.8) is 0 Å². The molecule has 2 N–H and O–H groups in total. The number of nitrogens with one attached hydrogen (secondary N) is 2. The van der Waals surface area contributed by atoms with Gasteiger partial charge in [-0.05, 0) is 48.5 Å². The summed E-state index contributed by atoms with van der Waals surface area (Å²) in [6, 6.07) is 11.6. The molecule has 0 spiro atoms. The molecule has 11 heteroatoms. The number of thioether (sulfide) groups is 1. The zero-order valence-electron chi connectivity index (χ0n) is 17.3. The lowest BCUT2D eigenvalue weighted by Crippen LogP contribution is -2.24. The summed E-state index contributed by atoms with van der Waals surface area (Å²) in [5, 5.41) is 14.0. The highest BCUT2D eigenvalue weighted by Crippen LogP contribution is 2.17. The van der Waals surface area contributed by atoms with E-state index < -0.39 is 11.8 Å². The van der Waals surface area contributed by atoms with Gasteiger partial charge >= 0.3 is 5.97 Å². The number of hydrogen-bond acceptors (Lipinski definition) is 7. The van der Waals surface area contributed by atoms with Gasteiger partial charge in [-0.15, -0.1) is 10.2 Å². The Hall–Kier alpha value is -3.73. The van der Waals surface area contributed by atoms with Crippen LogP contribution in [0.5, 0.6) is 0 Å². The lowest BCUT2D eigenvalue weighted by molar-refractivity contribution is -0.113. The summed E-state index contributed by atoms with van der Waals surface area (Å²) in [6.45, 7) is 0.124. The Labute approximate surface area is 187 Å². The monoisotopic (exact) mass is 457 g/mol. The molecule has 32 heavy (non-hydrogen) atoms. The number of carbonyl (C=O) groups is 3. The topological polar surface area (TPSA) is 115 Å². The maximum absolute atomic E-state index is 13.0. The van der Waals surface area contributed by atoms with Gasteiger partial charge in [-0.2, -0.15) is 0 Å². The molecule has 3 aromatic rings. The van der Waals surface area contributed by atoms with E-state index in [4.69, 9.17) is 0 Å². The predicted molar refractivity (Wildman–Crippen MR) is 116 cm³/mol. The van der Waals surface area contributed by atoms with Gasteiger partial charge in [0.25, 0.3) is 5.91 Å². The van der Waals surface area contributed by atoms with Crippen molar-refractivity contribution in [3.8, 4) is 0 Å². The molecule has 0 unspecified atom stereocenters. The molecule has 0 aliphatic heterocycles. The lowest BCUT2D eigenvalue weighted by Gasteiger charge is -2.07. The number of amides is 2. The van der Waals surface area contributed by atoms with Crippen LogP contribution in [0.2, 0.25) is 0 Å². The quantitative estimate of drug-likeness (QED) is 0.394. The Balaban J connectivity index is 1.49. The third-order valence-corrected chi connectivity index (χ3v) is 5.38. The molecule has 0 radical (unpaired) electrons. The Bertz CT molecular complexity index is 1120. The smallest absolute Gasteiger partial charge is 0.337 e. The van der Waals surface area contributed by atoms with E-state index in [1.54, 1.807) is 35.9 Å². The normalized spacial score (nSPS) is 10.5. The van der Waals surface area contributed by atoms with Crippen molar-refractivity contribution >= 4 is 35.2 Å². The van der Waals surface area contributed by atoms with Crippen molar-refractivity contribution in [3.05, 3.63) is 71.3 Å². The van der Waals surface area contributed by atoms with Gasteiger partial charge in [-0.3, -0.25) is 9.59 Å². The van der Waals surface area contributed by atoms with Crippen LogP contribution in [0.4, 0.5) is 10.1 Å². The Kier molecular flexibility index (Phi) is 7.55. The third kappa shape index (κ3) is 5.91. The SMILES string of the molecule is COC(=O)c1ccc(NC(=O)CSc2nnc(CNC(=O)c3ccc(F)cc3)n2C)cc1. The molecule has 0 aliphatic rings. The second kappa shape index (κ2) is 10.5. The number of benzene rings is 2. The number of methoxy groups -OCH3 is 1. The van der Waals surface area contributed by atoms with Gasteiger partial charge in [-0.25, -0.2) is 9.18 Å². The van der Waals surface area contributed by atoms with Gasteiger partial charge < -0.3 is 19.9 Å². The van der Waals surface area contributed by atoms with Crippen molar-refractivity contribution in [1.29, 1.82) is 0 Å². The number of carbonyl (C=O) groups excluding carboxylic acids is 3. The van der Waals surface area contributed by atoms with Gasteiger partial charge in [0, 0.05) is 18.3 Å². The predicted octanol–water partition coefficient (Wildman–Crippen LogP) is 2.40. The molecule has 0 saturated carbocycles. The van der Waals surface area contributed by atoms with Crippen molar-refractivity contribution < 1.29 is 23.5 Å². The Morgan fingerprint density at radius 2 is 1.69 bits per heavy atom. The summed E-state index contributed by atoms with van der Waals surface area (Å²) in [5.74, 6) is -0.896. The fourth-order valence-electron chi connectivity index (χ4n) is 2.62. The third-order valence-electron chi connectivity index (χ3n) is 4.36. The van der Waals surface area contributed by atoms with Crippen LogP contribution in [0.1, 0.15) is 26.5 Å². The number of rotatable bonds is 8. The number of esters is 1. The van der Waals surface area contributed by atoms with Gasteiger partial charge in [0.05, 0.1) is 25.0 Å². The average molecular weight is 457 g/mol. The molecule has 0 saturated heterocycles. The first kappa shape index (κ1) is 22.9. The summed E-state index contributed by atoms with van der Waals surface area (Å²) in [4.78, 5) is 35.8. The van der Waals surface area contributed by atoms with Crippen LogP contribution in [-0.2, 0) is 23.1 Å². The highest BCUT2D eigenvalue weighted by Gasteiger charge is 2.13. The van der Waals surface area contributed by atoms with E-state index in [-0.39, 0.29) is 24.1 Å². The van der Waals surface area contributed by atoms with Crippen LogP contribution < -0.4 is 10.6 Å². The molecule has 166 valence electrons. The van der Waals surface area contributed by atoms with Crippen molar-refractivity contribution in [2.45, 2.75) is 11.7 Å². The zero-order chi connectivity index (χ0) is 23.1. The number of halogens is 1. The second-order valence-electron chi connectivity index (χ2n) is 6.55. The van der Waals surface area contributed by atoms with Crippen LogP contribution in [0.3, 0.4) is 0 Å². The maximum Gasteiger partial charge on any atom is 0.337 e. The van der Waals surface area contributed by atoms with Gasteiger partial charge in [0.2, 0.25) is 5.91 Å². The summed E-state index contributed by atoms with van der Waals surface area (Å²) >= 11 is 1.19. The largest absolute Gasteiger partial charge is 0.465 e. The van der Waals surface area contributed by atoms with E-state index in [1.165, 1.54) is 43.1 Å². The minimum absolute atomic E-state index is 0.0899. The highest BCUT2D eigenvalue weighted by atomic mass is 32.2. The number of ether oxygens (including phenoxy) is 1. The molecular formula is C21H20FN5O4S. The molecule has 3 rings (SSSR count). The molecule has 0 fully saturated rings. The summed E-state index contributed by atoms with van der Waals surface area (Å²) in [5.41, 5.74) is 1.27. The van der Waals surface area contributed by atoms with Gasteiger partial charge in [0.15, 0.2) is 11.0 Å². The van der Waals surface area contributed by atoms with Crippen LogP contribution in [0.25, 0.3) is 0 Å². The molecule has 0 atom stereocenters. The minimum atomic E-state index is -0.453. The van der Waals surface area contributed by atoms with Crippen LogP contribution in [0, 0.1) is 5.82 Å². The summed E-state index contributed by atoms with van der Waals surface area (Å²) in [6.07, 6.45) is 0. The first-order valence-electron chi connectivity index (χ1n) is 9.40. The highest BCUT2D eigenvalue weighted by molar-refractivity contribution is 7.99. The van der Waals surface area contributed by atoms with Crippen LogP contribution >= 0.6 is 11.8 Å². The van der Waals surface area contributed by atoms with Crippen molar-refractivity contribution in [1.82, 2.24) is 20.1 Å².